The fourth-order valence-corrected chi connectivity index (χ4v) is 1.21. The third-order valence-corrected chi connectivity index (χ3v) is 2.11. The second-order valence-electron chi connectivity index (χ2n) is 3.79. The zero-order valence-corrected chi connectivity index (χ0v) is 9.34. The predicted molar refractivity (Wildman–Crippen MR) is 60.0 cm³/mol. The minimum atomic E-state index is 0.272. The molecule has 2 aromatic rings. The molecule has 5 nitrogen and oxygen atoms in total. The highest BCUT2D eigenvalue weighted by molar-refractivity contribution is 5.21. The van der Waals surface area contributed by atoms with E-state index in [1.54, 1.807) is 6.20 Å². The van der Waals surface area contributed by atoms with Crippen molar-refractivity contribution in [1.29, 1.82) is 0 Å². The van der Waals surface area contributed by atoms with Crippen molar-refractivity contribution in [3.8, 4) is 0 Å². The summed E-state index contributed by atoms with van der Waals surface area (Å²) >= 11 is 0. The summed E-state index contributed by atoms with van der Waals surface area (Å²) in [6, 6.07) is 6.20. The van der Waals surface area contributed by atoms with E-state index in [1.807, 2.05) is 32.0 Å². The molecule has 0 fully saturated rings. The van der Waals surface area contributed by atoms with E-state index < -0.39 is 0 Å². The van der Waals surface area contributed by atoms with Gasteiger partial charge in [-0.15, -0.1) is 0 Å². The normalized spacial score (nSPS) is 10.7. The number of hydrogen-bond donors (Lipinski definition) is 1. The maximum absolute atomic E-state index is 5.05. The Hall–Kier alpha value is -1.91. The molecule has 0 spiro atoms. The van der Waals surface area contributed by atoms with E-state index in [9.17, 15) is 0 Å². The number of rotatable bonds is 4. The molecule has 0 unspecified atom stereocenters. The Morgan fingerprint density at radius 2 is 2.25 bits per heavy atom. The van der Waals surface area contributed by atoms with Crippen LogP contribution < -0.4 is 5.32 Å². The molecule has 0 radical (unpaired) electrons. The van der Waals surface area contributed by atoms with Crippen LogP contribution in [-0.2, 0) is 6.54 Å². The topological polar surface area (TPSA) is 63.8 Å². The summed E-state index contributed by atoms with van der Waals surface area (Å²) in [6.07, 6.45) is 1.75. The molecule has 0 aliphatic carbocycles. The third kappa shape index (κ3) is 2.56. The number of nitrogens with one attached hydrogen (secondary N) is 1. The Balaban J connectivity index is 1.95. The summed E-state index contributed by atoms with van der Waals surface area (Å²) in [5, 5.41) is 6.89. The molecule has 2 heterocycles. The fraction of sp³-hybridized carbons (Fsp3) is 0.364. The Kier molecular flexibility index (Phi) is 3.14. The molecule has 2 rings (SSSR count). The summed E-state index contributed by atoms with van der Waals surface area (Å²) < 4.78 is 5.05. The molecule has 1 N–H and O–H groups in total. The maximum atomic E-state index is 5.05. The Morgan fingerprint density at radius 3 is 2.88 bits per heavy atom. The van der Waals surface area contributed by atoms with Crippen molar-refractivity contribution in [2.45, 2.75) is 26.3 Å². The molecule has 0 saturated heterocycles. The number of pyridine rings is 1. The van der Waals surface area contributed by atoms with Gasteiger partial charge in [-0.2, -0.15) is 4.98 Å². The van der Waals surface area contributed by atoms with Crippen molar-refractivity contribution in [3.63, 3.8) is 0 Å². The van der Waals surface area contributed by atoms with Gasteiger partial charge in [0.2, 0.25) is 0 Å². The van der Waals surface area contributed by atoms with Crippen LogP contribution >= 0.6 is 0 Å². The van der Waals surface area contributed by atoms with Crippen molar-refractivity contribution in [1.82, 2.24) is 15.1 Å². The molecule has 0 atom stereocenters. The van der Waals surface area contributed by atoms with Crippen molar-refractivity contribution in [2.75, 3.05) is 5.32 Å². The summed E-state index contributed by atoms with van der Waals surface area (Å²) in [5.74, 6) is 0.984. The second kappa shape index (κ2) is 4.74. The zero-order chi connectivity index (χ0) is 11.4. The highest BCUT2D eigenvalue weighted by atomic mass is 16.5. The fourth-order valence-electron chi connectivity index (χ4n) is 1.21. The Bertz CT molecular complexity index is 438. The van der Waals surface area contributed by atoms with Crippen LogP contribution in [0.2, 0.25) is 0 Å². The second-order valence-corrected chi connectivity index (χ2v) is 3.79. The van der Waals surface area contributed by atoms with Crippen LogP contribution in [-0.4, -0.2) is 15.1 Å². The molecular formula is C11H14N4O. The first-order valence-corrected chi connectivity index (χ1v) is 5.23. The standard InChI is InChI=1S/C11H14N4O/c1-8(2)10-14-11(16-15-10)13-7-9-5-3-4-6-12-9/h3-6,8H,7H2,1-2H3,(H,13,14,15). The van der Waals surface area contributed by atoms with Gasteiger partial charge in [-0.1, -0.05) is 25.1 Å². The van der Waals surface area contributed by atoms with E-state index in [-0.39, 0.29) is 5.92 Å². The van der Waals surface area contributed by atoms with E-state index in [4.69, 9.17) is 4.52 Å². The van der Waals surface area contributed by atoms with Gasteiger partial charge in [-0.25, -0.2) is 0 Å². The average molecular weight is 218 g/mol. The molecule has 0 saturated carbocycles. The lowest BCUT2D eigenvalue weighted by atomic mass is 10.2. The molecule has 0 bridgehead atoms. The molecule has 0 aliphatic rings. The number of hydrogen-bond acceptors (Lipinski definition) is 5. The van der Waals surface area contributed by atoms with Gasteiger partial charge in [0.25, 0.3) is 0 Å². The van der Waals surface area contributed by atoms with Gasteiger partial charge < -0.3 is 9.84 Å². The van der Waals surface area contributed by atoms with Gasteiger partial charge >= 0.3 is 6.01 Å². The Morgan fingerprint density at radius 1 is 1.38 bits per heavy atom. The molecule has 16 heavy (non-hydrogen) atoms. The van der Waals surface area contributed by atoms with Crippen molar-refractivity contribution in [2.24, 2.45) is 0 Å². The first-order valence-electron chi connectivity index (χ1n) is 5.23. The first-order chi connectivity index (χ1) is 7.75. The monoisotopic (exact) mass is 218 g/mol. The van der Waals surface area contributed by atoms with Crippen molar-refractivity contribution in [3.05, 3.63) is 35.9 Å². The van der Waals surface area contributed by atoms with E-state index in [0.717, 1.165) is 5.69 Å². The van der Waals surface area contributed by atoms with Gasteiger partial charge in [0.05, 0.1) is 12.2 Å². The highest BCUT2D eigenvalue weighted by Gasteiger charge is 2.08. The molecule has 2 aromatic heterocycles. The Labute approximate surface area is 93.9 Å². The van der Waals surface area contributed by atoms with Crippen LogP contribution in [0.3, 0.4) is 0 Å². The summed E-state index contributed by atoms with van der Waals surface area (Å²) in [7, 11) is 0. The van der Waals surface area contributed by atoms with Crippen molar-refractivity contribution < 1.29 is 4.52 Å². The van der Waals surface area contributed by atoms with E-state index in [2.05, 4.69) is 20.4 Å². The highest BCUT2D eigenvalue weighted by Crippen LogP contribution is 2.12. The van der Waals surface area contributed by atoms with Crippen LogP contribution in [0.5, 0.6) is 0 Å². The van der Waals surface area contributed by atoms with Gasteiger partial charge in [0, 0.05) is 12.1 Å². The first kappa shape index (κ1) is 10.6. The minimum Gasteiger partial charge on any atom is -0.332 e. The summed E-state index contributed by atoms with van der Waals surface area (Å²) in [4.78, 5) is 8.39. The summed E-state index contributed by atoms with van der Waals surface area (Å²) in [5.41, 5.74) is 0.937. The van der Waals surface area contributed by atoms with E-state index in [1.165, 1.54) is 0 Å². The SMILES string of the molecule is CC(C)c1noc(NCc2ccccn2)n1. The quantitative estimate of drug-likeness (QED) is 0.852. The smallest absolute Gasteiger partial charge is 0.321 e. The predicted octanol–water partition coefficient (Wildman–Crippen LogP) is 2.20. The lowest BCUT2D eigenvalue weighted by Crippen LogP contribution is -2.01. The largest absolute Gasteiger partial charge is 0.332 e. The lowest BCUT2D eigenvalue weighted by molar-refractivity contribution is 0.419. The van der Waals surface area contributed by atoms with Gasteiger partial charge in [0.15, 0.2) is 5.82 Å². The molecule has 0 aromatic carbocycles. The van der Waals surface area contributed by atoms with Gasteiger partial charge in [-0.05, 0) is 12.1 Å². The molecule has 5 heteroatoms. The van der Waals surface area contributed by atoms with Crippen molar-refractivity contribution >= 4 is 6.01 Å². The number of anilines is 1. The molecule has 0 aliphatic heterocycles. The maximum Gasteiger partial charge on any atom is 0.321 e. The molecular weight excluding hydrogens is 204 g/mol. The van der Waals surface area contributed by atoms with Crippen LogP contribution in [0, 0.1) is 0 Å². The average Bonchev–Trinajstić information content (AvgIpc) is 2.76. The lowest BCUT2D eigenvalue weighted by Gasteiger charge is -1.99. The van der Waals surface area contributed by atoms with E-state index in [0.29, 0.717) is 18.4 Å². The van der Waals surface area contributed by atoms with Crippen LogP contribution in [0.25, 0.3) is 0 Å². The van der Waals surface area contributed by atoms with E-state index >= 15 is 0 Å². The summed E-state index contributed by atoms with van der Waals surface area (Å²) in [6.45, 7) is 4.63. The van der Waals surface area contributed by atoms with Crippen LogP contribution in [0.15, 0.2) is 28.9 Å². The number of nitrogens with zero attached hydrogens (tertiary/aromatic N) is 3. The van der Waals surface area contributed by atoms with Crippen LogP contribution in [0.1, 0.15) is 31.3 Å². The molecule has 0 amide bonds. The third-order valence-electron chi connectivity index (χ3n) is 2.11. The number of aromatic nitrogens is 3. The van der Waals surface area contributed by atoms with Gasteiger partial charge in [0.1, 0.15) is 0 Å². The molecule has 84 valence electrons. The minimum absolute atomic E-state index is 0.272. The zero-order valence-electron chi connectivity index (χ0n) is 9.34. The van der Waals surface area contributed by atoms with Gasteiger partial charge in [-0.3, -0.25) is 4.98 Å². The van der Waals surface area contributed by atoms with Crippen LogP contribution in [0.4, 0.5) is 6.01 Å².